The molecule has 25 heavy (non-hydrogen) atoms. The van der Waals surface area contributed by atoms with Crippen molar-refractivity contribution < 1.29 is 13.6 Å². The summed E-state index contributed by atoms with van der Waals surface area (Å²) in [6.45, 7) is 4.49. The summed E-state index contributed by atoms with van der Waals surface area (Å²) >= 11 is 3.34. The van der Waals surface area contributed by atoms with Crippen LogP contribution < -0.4 is 0 Å². The van der Waals surface area contributed by atoms with Crippen molar-refractivity contribution in [1.82, 2.24) is 0 Å². The number of carbonyl (C=O) groups is 1. The molecule has 2 saturated carbocycles. The van der Waals surface area contributed by atoms with Crippen molar-refractivity contribution in [2.75, 3.05) is 5.33 Å². The molecule has 146 valence electrons. The summed E-state index contributed by atoms with van der Waals surface area (Å²) in [7, 11) is 0. The van der Waals surface area contributed by atoms with E-state index in [-0.39, 0.29) is 23.7 Å². The van der Waals surface area contributed by atoms with E-state index < -0.39 is 6.43 Å². The van der Waals surface area contributed by atoms with Gasteiger partial charge in [-0.25, -0.2) is 8.78 Å². The molecule has 1 nitrogen and oxygen atoms in total. The lowest BCUT2D eigenvalue weighted by Crippen LogP contribution is -2.44. The first-order valence-corrected chi connectivity index (χ1v) is 11.4. The first-order chi connectivity index (χ1) is 11.9. The lowest BCUT2D eigenvalue weighted by atomic mass is 9.56. The van der Waals surface area contributed by atoms with Gasteiger partial charge in [-0.15, -0.1) is 0 Å². The summed E-state index contributed by atoms with van der Waals surface area (Å²) < 4.78 is 26.2. The molecule has 0 aromatic heterocycles. The maximum Gasteiger partial charge on any atom is 0.238 e. The van der Waals surface area contributed by atoms with Gasteiger partial charge < -0.3 is 0 Å². The van der Waals surface area contributed by atoms with Gasteiger partial charge in [-0.3, -0.25) is 4.79 Å². The van der Waals surface area contributed by atoms with Crippen LogP contribution in [-0.4, -0.2) is 17.5 Å². The highest BCUT2D eigenvalue weighted by molar-refractivity contribution is 9.09. The molecule has 2 aliphatic carbocycles. The number of hydrogen-bond donors (Lipinski definition) is 0. The van der Waals surface area contributed by atoms with Gasteiger partial charge in [-0.1, -0.05) is 61.9 Å². The molecule has 2 aliphatic rings. The number of fused-ring (bicyclic) bond motifs is 1. The fraction of sp³-hybridized carbons (Fsp3) is 0.952. The average Bonchev–Trinajstić information content (AvgIpc) is 2.92. The Morgan fingerprint density at radius 3 is 2.52 bits per heavy atom. The molecule has 0 amide bonds. The van der Waals surface area contributed by atoms with Gasteiger partial charge in [0.05, 0.1) is 5.33 Å². The smallest absolute Gasteiger partial charge is 0.238 e. The molecule has 0 aliphatic heterocycles. The average molecular weight is 421 g/mol. The zero-order chi connectivity index (χ0) is 18.4. The summed E-state index contributed by atoms with van der Waals surface area (Å²) in [6.07, 6.45) is 8.93. The van der Waals surface area contributed by atoms with Crippen LogP contribution in [0, 0.1) is 29.1 Å². The summed E-state index contributed by atoms with van der Waals surface area (Å²) in [5, 5.41) is 0.433. The Kier molecular flexibility index (Phi) is 8.36. The molecule has 0 aromatic rings. The normalized spacial score (nSPS) is 35.1. The van der Waals surface area contributed by atoms with E-state index in [1.807, 2.05) is 0 Å². The van der Waals surface area contributed by atoms with Gasteiger partial charge in [-0.05, 0) is 55.3 Å². The molecule has 2 fully saturated rings. The van der Waals surface area contributed by atoms with Crippen molar-refractivity contribution >= 4 is 21.7 Å². The number of Topliss-reactive ketones (excluding diaryl/α,β-unsaturated/α-hetero) is 1. The van der Waals surface area contributed by atoms with E-state index in [9.17, 15) is 13.6 Å². The largest absolute Gasteiger partial charge is 0.298 e. The summed E-state index contributed by atoms with van der Waals surface area (Å²) in [5.41, 5.74) is 0.0392. The Bertz CT molecular complexity index is 428. The molecule has 0 bridgehead atoms. The van der Waals surface area contributed by atoms with Crippen molar-refractivity contribution in [3.8, 4) is 0 Å². The Balaban J connectivity index is 2.07. The quantitative estimate of drug-likeness (QED) is 0.274. The maximum absolute atomic E-state index is 13.1. The minimum Gasteiger partial charge on any atom is -0.298 e. The first kappa shape index (κ1) is 21.3. The Labute approximate surface area is 160 Å². The second-order valence-corrected chi connectivity index (χ2v) is 9.20. The monoisotopic (exact) mass is 420 g/mol. The molecule has 0 heterocycles. The van der Waals surface area contributed by atoms with Gasteiger partial charge in [0.25, 0.3) is 0 Å². The van der Waals surface area contributed by atoms with E-state index in [0.717, 1.165) is 38.5 Å². The highest BCUT2D eigenvalue weighted by Gasteiger charge is 2.55. The number of hydrogen-bond acceptors (Lipinski definition) is 1. The van der Waals surface area contributed by atoms with Crippen molar-refractivity contribution in [3.63, 3.8) is 0 Å². The fourth-order valence-electron chi connectivity index (χ4n) is 5.93. The van der Waals surface area contributed by atoms with Gasteiger partial charge in [0.15, 0.2) is 0 Å². The van der Waals surface area contributed by atoms with Crippen LogP contribution >= 0.6 is 15.9 Å². The van der Waals surface area contributed by atoms with Crippen LogP contribution in [0.5, 0.6) is 0 Å². The molecular weight excluding hydrogens is 386 g/mol. The molecule has 4 heteroatoms. The van der Waals surface area contributed by atoms with Gasteiger partial charge in [-0.2, -0.15) is 0 Å². The number of alkyl halides is 3. The predicted octanol–water partition coefficient (Wildman–Crippen LogP) is 7.02. The van der Waals surface area contributed by atoms with E-state index in [0.29, 0.717) is 22.9 Å². The third-order valence-electron chi connectivity index (χ3n) is 7.23. The van der Waals surface area contributed by atoms with Gasteiger partial charge in [0, 0.05) is 12.3 Å². The molecule has 0 aromatic carbocycles. The standard InChI is InChI=1S/C21H35BrF2O/c1-3-4-5-6-7-8-16-15(13-20(23)24)11-12-21(2)17(16)9-10-18(21)19(25)14-22/h15-18,20H,3-14H2,1-2H3. The third kappa shape index (κ3) is 5.05. The van der Waals surface area contributed by atoms with Crippen LogP contribution in [0.4, 0.5) is 8.78 Å². The maximum atomic E-state index is 13.1. The number of unbranched alkanes of at least 4 members (excludes halogenated alkanes) is 4. The summed E-state index contributed by atoms with van der Waals surface area (Å²) in [6, 6.07) is 0. The second kappa shape index (κ2) is 9.80. The van der Waals surface area contributed by atoms with Crippen LogP contribution in [0.15, 0.2) is 0 Å². The van der Waals surface area contributed by atoms with Gasteiger partial charge in [0.2, 0.25) is 6.43 Å². The van der Waals surface area contributed by atoms with Crippen LogP contribution in [0.2, 0.25) is 0 Å². The second-order valence-electron chi connectivity index (χ2n) is 8.63. The number of halogens is 3. The topological polar surface area (TPSA) is 17.1 Å². The van der Waals surface area contributed by atoms with Crippen LogP contribution in [0.25, 0.3) is 0 Å². The lowest BCUT2D eigenvalue weighted by Gasteiger charge is -2.48. The molecule has 0 N–H and O–H groups in total. The minimum atomic E-state index is -2.20. The van der Waals surface area contributed by atoms with E-state index in [1.165, 1.54) is 25.7 Å². The van der Waals surface area contributed by atoms with Gasteiger partial charge in [0.1, 0.15) is 5.78 Å². The molecule has 0 radical (unpaired) electrons. The van der Waals surface area contributed by atoms with Gasteiger partial charge >= 0.3 is 0 Å². The lowest BCUT2D eigenvalue weighted by molar-refractivity contribution is -0.126. The zero-order valence-corrected chi connectivity index (χ0v) is 17.5. The van der Waals surface area contributed by atoms with Crippen molar-refractivity contribution in [2.45, 2.75) is 90.9 Å². The predicted molar refractivity (Wildman–Crippen MR) is 103 cm³/mol. The van der Waals surface area contributed by atoms with Crippen LogP contribution in [-0.2, 0) is 4.79 Å². The number of ketones is 1. The molecule has 2 rings (SSSR count). The highest BCUT2D eigenvalue weighted by atomic mass is 79.9. The van der Waals surface area contributed by atoms with E-state index in [2.05, 4.69) is 29.8 Å². The summed E-state index contributed by atoms with van der Waals surface area (Å²) in [4.78, 5) is 12.4. The van der Waals surface area contributed by atoms with Crippen LogP contribution in [0.3, 0.4) is 0 Å². The first-order valence-electron chi connectivity index (χ1n) is 10.3. The Hall–Kier alpha value is 0.01000. The SMILES string of the molecule is CCCCCCCC1C(CC(F)F)CCC2(C)C(C(=O)CBr)CCC12. The summed E-state index contributed by atoms with van der Waals surface area (Å²) in [5.74, 6) is 1.46. The van der Waals surface area contributed by atoms with Crippen LogP contribution in [0.1, 0.15) is 84.5 Å². The number of rotatable bonds is 10. The van der Waals surface area contributed by atoms with Crippen molar-refractivity contribution in [3.05, 3.63) is 0 Å². The molecule has 0 saturated heterocycles. The van der Waals surface area contributed by atoms with Crippen molar-refractivity contribution in [1.29, 1.82) is 0 Å². The van der Waals surface area contributed by atoms with E-state index in [4.69, 9.17) is 0 Å². The highest BCUT2D eigenvalue weighted by Crippen LogP contribution is 2.60. The fourth-order valence-corrected chi connectivity index (χ4v) is 6.32. The van der Waals surface area contributed by atoms with E-state index in [1.54, 1.807) is 0 Å². The Morgan fingerprint density at radius 1 is 1.16 bits per heavy atom. The third-order valence-corrected chi connectivity index (χ3v) is 7.78. The molecule has 5 atom stereocenters. The number of carbonyl (C=O) groups excluding carboxylic acids is 1. The zero-order valence-electron chi connectivity index (χ0n) is 15.9. The Morgan fingerprint density at radius 2 is 1.88 bits per heavy atom. The molecule has 5 unspecified atom stereocenters. The molecule has 0 spiro atoms. The molecular formula is C21H35BrF2O. The van der Waals surface area contributed by atoms with E-state index >= 15 is 0 Å². The minimum absolute atomic E-state index is 0.0392. The van der Waals surface area contributed by atoms with Crippen molar-refractivity contribution in [2.24, 2.45) is 29.1 Å².